The summed E-state index contributed by atoms with van der Waals surface area (Å²) in [6, 6.07) is 29.8. The van der Waals surface area contributed by atoms with Crippen molar-refractivity contribution in [1.82, 2.24) is 5.32 Å². The van der Waals surface area contributed by atoms with Gasteiger partial charge in [-0.1, -0.05) is 146 Å². The van der Waals surface area contributed by atoms with E-state index in [4.69, 9.17) is 0 Å². The van der Waals surface area contributed by atoms with Gasteiger partial charge >= 0.3 is 0 Å². The van der Waals surface area contributed by atoms with Crippen molar-refractivity contribution in [2.45, 2.75) is 76.4 Å². The molecular formula is C47H42BN2. The van der Waals surface area contributed by atoms with Gasteiger partial charge in [0.2, 0.25) is 0 Å². The molecule has 0 saturated carbocycles. The number of nitrogens with zero attached hydrogens (tertiary/aromatic N) is 1. The van der Waals surface area contributed by atoms with Crippen molar-refractivity contribution in [2.75, 3.05) is 4.90 Å². The third-order valence-electron chi connectivity index (χ3n) is 12.0. The highest BCUT2D eigenvalue weighted by atomic mass is 15.2. The van der Waals surface area contributed by atoms with Crippen LogP contribution in [0.2, 0.25) is 0 Å². The Kier molecular flexibility index (Phi) is 7.18. The van der Waals surface area contributed by atoms with Crippen molar-refractivity contribution in [3.8, 4) is 11.8 Å². The largest absolute Gasteiger partial charge is 0.335 e. The zero-order chi connectivity index (χ0) is 34.2. The van der Waals surface area contributed by atoms with Gasteiger partial charge < -0.3 is 10.2 Å². The highest BCUT2D eigenvalue weighted by Crippen LogP contribution is 2.54. The molecule has 0 amide bonds. The molecule has 1 aliphatic heterocycles. The van der Waals surface area contributed by atoms with E-state index in [9.17, 15) is 0 Å². The number of allylic oxidation sites excluding steroid dienone is 3. The minimum absolute atomic E-state index is 0.0916. The summed E-state index contributed by atoms with van der Waals surface area (Å²) in [5, 5.41) is 6.75. The monoisotopic (exact) mass is 645 g/mol. The van der Waals surface area contributed by atoms with E-state index in [0.29, 0.717) is 0 Å². The second-order valence-corrected chi connectivity index (χ2v) is 15.6. The molecular weight excluding hydrogens is 603 g/mol. The van der Waals surface area contributed by atoms with Crippen molar-refractivity contribution in [3.63, 3.8) is 0 Å². The Morgan fingerprint density at radius 1 is 0.860 bits per heavy atom. The molecule has 1 heterocycles. The number of fused-ring (bicyclic) bond motifs is 4. The second kappa shape index (κ2) is 11.6. The van der Waals surface area contributed by atoms with Gasteiger partial charge in [-0.3, -0.25) is 0 Å². The van der Waals surface area contributed by atoms with Crippen molar-refractivity contribution >= 4 is 45.9 Å². The van der Waals surface area contributed by atoms with E-state index in [2.05, 4.69) is 179 Å². The predicted octanol–water partition coefficient (Wildman–Crippen LogP) is 8.47. The second-order valence-electron chi connectivity index (χ2n) is 15.6. The summed E-state index contributed by atoms with van der Waals surface area (Å²) in [5.74, 6) is 6.89. The molecule has 4 atom stereocenters. The quantitative estimate of drug-likeness (QED) is 0.136. The lowest BCUT2D eigenvalue weighted by Crippen LogP contribution is -2.49. The molecule has 1 radical (unpaired) electrons. The molecule has 3 heteroatoms. The van der Waals surface area contributed by atoms with E-state index < -0.39 is 0 Å². The van der Waals surface area contributed by atoms with E-state index in [1.165, 1.54) is 66.5 Å². The van der Waals surface area contributed by atoms with Crippen LogP contribution in [0.15, 0.2) is 132 Å². The number of benzene rings is 4. The fraction of sp³-hybridized carbons (Fsp3) is 0.277. The smallest absolute Gasteiger partial charge is 0.197 e. The third-order valence-corrected chi connectivity index (χ3v) is 12.0. The molecule has 0 aromatic heterocycles. The minimum atomic E-state index is -0.139. The Bertz CT molecular complexity index is 2360. The van der Waals surface area contributed by atoms with Gasteiger partial charge in [-0.15, -0.1) is 0 Å². The highest BCUT2D eigenvalue weighted by Gasteiger charge is 2.46. The van der Waals surface area contributed by atoms with Gasteiger partial charge in [-0.05, 0) is 88.7 Å². The van der Waals surface area contributed by atoms with Gasteiger partial charge in [0.05, 0.1) is 6.04 Å². The first-order valence-electron chi connectivity index (χ1n) is 18.2. The van der Waals surface area contributed by atoms with Gasteiger partial charge in [0.25, 0.3) is 0 Å². The van der Waals surface area contributed by atoms with Crippen LogP contribution in [0.25, 0.3) is 16.3 Å². The molecule has 4 aromatic rings. The van der Waals surface area contributed by atoms with Crippen LogP contribution < -0.4 is 21.1 Å². The molecule has 1 N–H and O–H groups in total. The third kappa shape index (κ3) is 4.71. The Morgan fingerprint density at radius 3 is 2.42 bits per heavy atom. The molecule has 9 rings (SSSR count). The molecule has 0 fully saturated rings. The summed E-state index contributed by atoms with van der Waals surface area (Å²) in [6.07, 6.45) is 13.0. The van der Waals surface area contributed by atoms with E-state index in [-0.39, 0.29) is 34.9 Å². The average molecular weight is 646 g/mol. The Morgan fingerprint density at radius 2 is 1.62 bits per heavy atom. The molecule has 4 aliphatic carbocycles. The summed E-state index contributed by atoms with van der Waals surface area (Å²) in [5.41, 5.74) is 19.9. The number of hydrogen-bond donors (Lipinski definition) is 1. The number of rotatable bonds is 4. The predicted molar refractivity (Wildman–Crippen MR) is 211 cm³/mol. The number of para-hydroxylation sites is 1. The highest BCUT2D eigenvalue weighted by molar-refractivity contribution is 6.73. The van der Waals surface area contributed by atoms with Crippen LogP contribution in [0.1, 0.15) is 64.2 Å². The molecule has 4 aromatic carbocycles. The lowest BCUT2D eigenvalue weighted by Gasteiger charge is -2.49. The average Bonchev–Trinajstić information content (AvgIpc) is 3.13. The van der Waals surface area contributed by atoms with E-state index >= 15 is 0 Å². The van der Waals surface area contributed by atoms with Crippen LogP contribution in [0.4, 0.5) is 11.4 Å². The SMILES string of the molecule is CC1C#CC=CC1NC1CC2=C(C=C1c1c3c(cc4ccccc14)N(C1C=C=C=CC1)c1ccccc1[B]3)C(C)(C)c1ccccc1C2(C)C. The summed E-state index contributed by atoms with van der Waals surface area (Å²) in [4.78, 5) is 2.55. The van der Waals surface area contributed by atoms with Gasteiger partial charge in [0.1, 0.15) is 0 Å². The molecule has 50 heavy (non-hydrogen) atoms. The molecule has 243 valence electrons. The summed E-state index contributed by atoms with van der Waals surface area (Å²) in [7, 11) is 2.45. The molecule has 0 spiro atoms. The lowest BCUT2D eigenvalue weighted by atomic mass is 9.54. The Hall–Kier alpha value is -4.96. The zero-order valence-electron chi connectivity index (χ0n) is 29.6. The molecule has 2 nitrogen and oxygen atoms in total. The van der Waals surface area contributed by atoms with Gasteiger partial charge in [-0.2, -0.15) is 0 Å². The fourth-order valence-corrected chi connectivity index (χ4v) is 9.32. The minimum Gasteiger partial charge on any atom is -0.335 e. The van der Waals surface area contributed by atoms with Crippen LogP contribution in [0.3, 0.4) is 0 Å². The maximum absolute atomic E-state index is 4.19. The molecule has 0 saturated heterocycles. The standard InChI is InChI=1S/C47H42BN2/c1-30-17-9-15-25-40(30)49-41-29-38-37(46(2,3)35-22-12-13-23-36(35)47(38,4)5)28-34(41)44-33-21-11-10-18-31(33)27-43-45(44)48-39-24-14-16-26-42(39)50(43)32-19-7-6-8-20-32/h7,10-16,18,20-28,30,32,40-41,49H,19,29H2,1-5H3. The van der Waals surface area contributed by atoms with Gasteiger partial charge in [0.15, 0.2) is 7.28 Å². The van der Waals surface area contributed by atoms with Crippen LogP contribution in [0.5, 0.6) is 0 Å². The van der Waals surface area contributed by atoms with Gasteiger partial charge in [-0.25, -0.2) is 0 Å². The topological polar surface area (TPSA) is 15.3 Å². The first-order chi connectivity index (χ1) is 24.2. The molecule has 5 aliphatic rings. The summed E-state index contributed by atoms with van der Waals surface area (Å²) >= 11 is 0. The summed E-state index contributed by atoms with van der Waals surface area (Å²) in [6.45, 7) is 12.0. The summed E-state index contributed by atoms with van der Waals surface area (Å²) < 4.78 is 0. The number of nitrogens with one attached hydrogen (secondary N) is 1. The van der Waals surface area contributed by atoms with Gasteiger partial charge in [0, 0.05) is 40.2 Å². The normalized spacial score (nSPS) is 24.7. The van der Waals surface area contributed by atoms with Crippen LogP contribution in [-0.2, 0) is 10.8 Å². The van der Waals surface area contributed by atoms with E-state index in [1.807, 2.05) is 6.08 Å². The van der Waals surface area contributed by atoms with Crippen molar-refractivity contribution < 1.29 is 0 Å². The first-order valence-corrected chi connectivity index (χ1v) is 18.2. The Labute approximate surface area is 297 Å². The van der Waals surface area contributed by atoms with Crippen molar-refractivity contribution in [2.24, 2.45) is 5.92 Å². The molecule has 0 bridgehead atoms. The Balaban J connectivity index is 1.32. The fourth-order valence-electron chi connectivity index (χ4n) is 9.32. The zero-order valence-corrected chi connectivity index (χ0v) is 29.6. The van der Waals surface area contributed by atoms with Crippen LogP contribution >= 0.6 is 0 Å². The van der Waals surface area contributed by atoms with E-state index in [0.717, 1.165) is 12.8 Å². The maximum atomic E-state index is 4.19. The van der Waals surface area contributed by atoms with Crippen LogP contribution in [0, 0.1) is 17.8 Å². The van der Waals surface area contributed by atoms with E-state index in [1.54, 1.807) is 0 Å². The number of hydrogen-bond acceptors (Lipinski definition) is 2. The number of anilines is 2. The van der Waals surface area contributed by atoms with Crippen molar-refractivity contribution in [3.05, 3.63) is 149 Å². The molecule has 4 unspecified atom stereocenters. The van der Waals surface area contributed by atoms with Crippen molar-refractivity contribution in [1.29, 1.82) is 0 Å². The lowest BCUT2D eigenvalue weighted by molar-refractivity contribution is 0.431. The maximum Gasteiger partial charge on any atom is 0.197 e. The first kappa shape index (κ1) is 31.1. The van der Waals surface area contributed by atoms with Crippen LogP contribution in [-0.4, -0.2) is 25.4 Å².